The van der Waals surface area contributed by atoms with Crippen molar-refractivity contribution in [1.29, 1.82) is 0 Å². The maximum absolute atomic E-state index is 11.9. The van der Waals surface area contributed by atoms with Crippen molar-refractivity contribution in [2.45, 2.75) is 26.3 Å². The standard InChI is InChI=1S/C13H19N3O3/c1-2-9(5-12(17)18)8-16-13(19)10-3-4-15-11(6-10)7-14/h3-4,6,9H,2,5,7-8,14H2,1H3,(H,16,19)(H,17,18). The van der Waals surface area contributed by atoms with Crippen LogP contribution in [0.4, 0.5) is 0 Å². The third-order valence-corrected chi connectivity index (χ3v) is 2.88. The number of amides is 1. The molecule has 0 saturated heterocycles. The van der Waals surface area contributed by atoms with Crippen LogP contribution in [0.25, 0.3) is 0 Å². The van der Waals surface area contributed by atoms with Crippen LogP contribution in [-0.4, -0.2) is 28.5 Å². The van der Waals surface area contributed by atoms with Gasteiger partial charge in [0.1, 0.15) is 0 Å². The Balaban J connectivity index is 2.56. The molecule has 1 aromatic rings. The molecule has 104 valence electrons. The van der Waals surface area contributed by atoms with Crippen molar-refractivity contribution in [1.82, 2.24) is 10.3 Å². The van der Waals surface area contributed by atoms with Crippen molar-refractivity contribution in [2.75, 3.05) is 6.54 Å². The first-order valence-electron chi connectivity index (χ1n) is 6.21. The zero-order valence-corrected chi connectivity index (χ0v) is 10.9. The SMILES string of the molecule is CCC(CNC(=O)c1ccnc(CN)c1)CC(=O)O. The van der Waals surface area contributed by atoms with E-state index in [0.717, 1.165) is 0 Å². The highest BCUT2D eigenvalue weighted by Crippen LogP contribution is 2.07. The van der Waals surface area contributed by atoms with Gasteiger partial charge in [-0.25, -0.2) is 0 Å². The van der Waals surface area contributed by atoms with Gasteiger partial charge in [0.15, 0.2) is 0 Å². The van der Waals surface area contributed by atoms with Crippen LogP contribution in [0.1, 0.15) is 35.8 Å². The lowest BCUT2D eigenvalue weighted by Gasteiger charge is -2.13. The van der Waals surface area contributed by atoms with Gasteiger partial charge in [-0.05, 0) is 18.1 Å². The van der Waals surface area contributed by atoms with Crippen LogP contribution >= 0.6 is 0 Å². The van der Waals surface area contributed by atoms with Crippen LogP contribution in [0.5, 0.6) is 0 Å². The number of aliphatic carboxylic acids is 1. The van der Waals surface area contributed by atoms with E-state index in [1.807, 2.05) is 6.92 Å². The Bertz CT molecular complexity index is 449. The Hall–Kier alpha value is -1.95. The van der Waals surface area contributed by atoms with Gasteiger partial charge in [-0.15, -0.1) is 0 Å². The summed E-state index contributed by atoms with van der Waals surface area (Å²) >= 11 is 0. The number of nitrogens with one attached hydrogen (secondary N) is 1. The molecule has 0 radical (unpaired) electrons. The minimum Gasteiger partial charge on any atom is -0.481 e. The van der Waals surface area contributed by atoms with Crippen LogP contribution in [0, 0.1) is 5.92 Å². The quantitative estimate of drug-likeness (QED) is 0.675. The number of nitrogens with two attached hydrogens (primary N) is 1. The maximum Gasteiger partial charge on any atom is 0.303 e. The topological polar surface area (TPSA) is 105 Å². The molecule has 0 aliphatic carbocycles. The maximum atomic E-state index is 11.9. The van der Waals surface area contributed by atoms with E-state index in [9.17, 15) is 9.59 Å². The van der Waals surface area contributed by atoms with Gasteiger partial charge in [-0.1, -0.05) is 13.3 Å². The second-order valence-electron chi connectivity index (χ2n) is 4.32. The fourth-order valence-corrected chi connectivity index (χ4v) is 1.68. The second kappa shape index (κ2) is 7.48. The smallest absolute Gasteiger partial charge is 0.303 e. The highest BCUT2D eigenvalue weighted by atomic mass is 16.4. The Morgan fingerprint density at radius 2 is 2.26 bits per heavy atom. The molecule has 0 spiro atoms. The van der Waals surface area contributed by atoms with Crippen molar-refractivity contribution in [3.63, 3.8) is 0 Å². The van der Waals surface area contributed by atoms with Crippen molar-refractivity contribution < 1.29 is 14.7 Å². The fraction of sp³-hybridized carbons (Fsp3) is 0.462. The molecule has 1 unspecified atom stereocenters. The molecule has 1 amide bonds. The average molecular weight is 265 g/mol. The van der Waals surface area contributed by atoms with Gasteiger partial charge in [-0.2, -0.15) is 0 Å². The second-order valence-corrected chi connectivity index (χ2v) is 4.32. The first kappa shape index (κ1) is 15.1. The molecule has 0 bridgehead atoms. The van der Waals surface area contributed by atoms with E-state index in [4.69, 9.17) is 10.8 Å². The lowest BCUT2D eigenvalue weighted by molar-refractivity contribution is -0.138. The number of nitrogens with zero attached hydrogens (tertiary/aromatic N) is 1. The Kier molecular flexibility index (Phi) is 5.95. The molecule has 1 atom stereocenters. The first-order valence-corrected chi connectivity index (χ1v) is 6.21. The van der Waals surface area contributed by atoms with Crippen LogP contribution < -0.4 is 11.1 Å². The lowest BCUT2D eigenvalue weighted by Crippen LogP contribution is -2.30. The number of carbonyl (C=O) groups excluding carboxylic acids is 1. The fourth-order valence-electron chi connectivity index (χ4n) is 1.68. The van der Waals surface area contributed by atoms with Gasteiger partial charge in [0.25, 0.3) is 5.91 Å². The molecule has 0 saturated carbocycles. The van der Waals surface area contributed by atoms with E-state index >= 15 is 0 Å². The Morgan fingerprint density at radius 3 is 2.84 bits per heavy atom. The third kappa shape index (κ3) is 5.05. The highest BCUT2D eigenvalue weighted by Gasteiger charge is 2.13. The van der Waals surface area contributed by atoms with E-state index < -0.39 is 5.97 Å². The van der Waals surface area contributed by atoms with Gasteiger partial charge in [0.05, 0.1) is 5.69 Å². The van der Waals surface area contributed by atoms with E-state index in [0.29, 0.717) is 24.2 Å². The first-order chi connectivity index (χ1) is 9.06. The summed E-state index contributed by atoms with van der Waals surface area (Å²) in [5, 5.41) is 11.5. The summed E-state index contributed by atoms with van der Waals surface area (Å²) in [4.78, 5) is 26.5. The molecule has 1 aromatic heterocycles. The monoisotopic (exact) mass is 265 g/mol. The molecular formula is C13H19N3O3. The summed E-state index contributed by atoms with van der Waals surface area (Å²) < 4.78 is 0. The van der Waals surface area contributed by atoms with E-state index in [1.54, 1.807) is 12.1 Å². The van der Waals surface area contributed by atoms with E-state index in [-0.39, 0.29) is 24.8 Å². The number of carboxylic acid groups (broad SMARTS) is 1. The highest BCUT2D eigenvalue weighted by molar-refractivity contribution is 5.94. The van der Waals surface area contributed by atoms with Crippen molar-refractivity contribution in [3.05, 3.63) is 29.6 Å². The average Bonchev–Trinajstić information content (AvgIpc) is 2.42. The minimum absolute atomic E-state index is 0.0567. The van der Waals surface area contributed by atoms with Crippen LogP contribution in [-0.2, 0) is 11.3 Å². The summed E-state index contributed by atoms with van der Waals surface area (Å²) in [5.74, 6) is -1.14. The van der Waals surface area contributed by atoms with Crippen molar-refractivity contribution in [2.24, 2.45) is 11.7 Å². The van der Waals surface area contributed by atoms with Crippen molar-refractivity contribution >= 4 is 11.9 Å². The third-order valence-electron chi connectivity index (χ3n) is 2.88. The number of pyridine rings is 1. The number of aromatic nitrogens is 1. The zero-order valence-electron chi connectivity index (χ0n) is 10.9. The number of hydrogen-bond acceptors (Lipinski definition) is 4. The van der Waals surface area contributed by atoms with Crippen LogP contribution in [0.2, 0.25) is 0 Å². The largest absolute Gasteiger partial charge is 0.481 e. The van der Waals surface area contributed by atoms with Crippen LogP contribution in [0.15, 0.2) is 18.3 Å². The Morgan fingerprint density at radius 1 is 1.53 bits per heavy atom. The molecule has 0 aliphatic heterocycles. The van der Waals surface area contributed by atoms with Crippen molar-refractivity contribution in [3.8, 4) is 0 Å². The normalized spacial score (nSPS) is 11.9. The molecule has 0 fully saturated rings. The van der Waals surface area contributed by atoms with E-state index in [2.05, 4.69) is 10.3 Å². The summed E-state index contributed by atoms with van der Waals surface area (Å²) in [6.07, 6.45) is 2.30. The predicted octanol–water partition coefficient (Wildman–Crippen LogP) is 0.771. The lowest BCUT2D eigenvalue weighted by atomic mass is 10.0. The molecule has 1 rings (SSSR count). The zero-order chi connectivity index (χ0) is 14.3. The molecular weight excluding hydrogens is 246 g/mol. The number of carbonyl (C=O) groups is 2. The predicted molar refractivity (Wildman–Crippen MR) is 70.5 cm³/mol. The summed E-state index contributed by atoms with van der Waals surface area (Å²) in [7, 11) is 0. The number of carboxylic acids is 1. The molecule has 6 nitrogen and oxygen atoms in total. The number of hydrogen-bond donors (Lipinski definition) is 3. The molecule has 19 heavy (non-hydrogen) atoms. The van der Waals surface area contributed by atoms with E-state index in [1.165, 1.54) is 6.20 Å². The molecule has 0 aromatic carbocycles. The summed E-state index contributed by atoms with van der Waals surface area (Å²) in [5.41, 5.74) is 6.59. The van der Waals surface area contributed by atoms with Gasteiger partial charge in [-0.3, -0.25) is 14.6 Å². The van der Waals surface area contributed by atoms with Gasteiger partial charge in [0, 0.05) is 31.3 Å². The molecule has 6 heteroatoms. The minimum atomic E-state index is -0.851. The summed E-state index contributed by atoms with van der Waals surface area (Å²) in [6, 6.07) is 3.24. The van der Waals surface area contributed by atoms with Gasteiger partial charge < -0.3 is 16.2 Å². The van der Waals surface area contributed by atoms with Gasteiger partial charge in [0.2, 0.25) is 0 Å². The van der Waals surface area contributed by atoms with Gasteiger partial charge >= 0.3 is 5.97 Å². The molecule has 0 aliphatic rings. The molecule has 4 N–H and O–H groups in total. The summed E-state index contributed by atoms with van der Waals surface area (Å²) in [6.45, 7) is 2.53. The Labute approximate surface area is 112 Å². The van der Waals surface area contributed by atoms with Crippen LogP contribution in [0.3, 0.4) is 0 Å². The number of rotatable bonds is 7. The molecule has 1 heterocycles.